The molecular weight excluding hydrogens is 731 g/mol. The fourth-order valence-corrected chi connectivity index (χ4v) is 8.70. The average Bonchev–Trinajstić information content (AvgIpc) is 3.39. The molecule has 2 saturated heterocycles. The number of fused-ring (bicyclic) bond motifs is 1. The van der Waals surface area contributed by atoms with E-state index in [2.05, 4.69) is 68.5 Å². The SMILES string of the molecule is COc1cc(N2CCC(CN3CCCOCC3)CC2)c(-c2cnn(C)c2)cc1Nc1ncc(Br)c(Nc2ccc3nccnc3c2P(C)(C)=O)n1. The minimum atomic E-state index is -2.77. The number of rotatable bonds is 10. The molecule has 0 bridgehead atoms. The second-order valence-corrected chi connectivity index (χ2v) is 17.5. The number of aryl methyl sites for hydroxylation is 1. The van der Waals surface area contributed by atoms with Gasteiger partial charge in [-0.25, -0.2) is 4.98 Å². The van der Waals surface area contributed by atoms with Crippen molar-refractivity contribution in [1.82, 2.24) is 34.6 Å². The Kier molecular flexibility index (Phi) is 10.6. The van der Waals surface area contributed by atoms with Gasteiger partial charge in [0.2, 0.25) is 5.95 Å². The maximum absolute atomic E-state index is 13.5. The van der Waals surface area contributed by atoms with Gasteiger partial charge in [-0.1, -0.05) is 0 Å². The Balaban J connectivity index is 1.16. The van der Waals surface area contributed by atoms with Gasteiger partial charge in [0.1, 0.15) is 24.2 Å². The van der Waals surface area contributed by atoms with Crippen molar-refractivity contribution in [3.8, 4) is 16.9 Å². The summed E-state index contributed by atoms with van der Waals surface area (Å²) in [6.45, 7) is 10.4. The van der Waals surface area contributed by atoms with Crippen LogP contribution in [0, 0.1) is 5.92 Å². The molecule has 0 unspecified atom stereocenters. The highest BCUT2D eigenvalue weighted by molar-refractivity contribution is 9.10. The first-order chi connectivity index (χ1) is 24.7. The Morgan fingerprint density at radius 3 is 2.59 bits per heavy atom. The number of methoxy groups -OCH3 is 1. The zero-order chi connectivity index (χ0) is 35.5. The fraction of sp³-hybridized carbons (Fsp3) is 0.417. The Bertz CT molecular complexity index is 2050. The first kappa shape index (κ1) is 35.3. The molecule has 0 amide bonds. The van der Waals surface area contributed by atoms with Crippen molar-refractivity contribution >= 4 is 68.2 Å². The van der Waals surface area contributed by atoms with Gasteiger partial charge in [-0.05, 0) is 72.6 Å². The van der Waals surface area contributed by atoms with Crippen LogP contribution in [0.4, 0.5) is 28.8 Å². The molecule has 0 atom stereocenters. The van der Waals surface area contributed by atoms with Crippen LogP contribution in [0.25, 0.3) is 22.2 Å². The zero-order valence-corrected chi connectivity index (χ0v) is 32.0. The molecule has 3 aromatic heterocycles. The lowest BCUT2D eigenvalue weighted by Gasteiger charge is -2.37. The smallest absolute Gasteiger partial charge is 0.229 e. The molecule has 0 saturated carbocycles. The number of hydrogen-bond acceptors (Lipinski definition) is 12. The van der Waals surface area contributed by atoms with Crippen molar-refractivity contribution in [2.24, 2.45) is 13.0 Å². The van der Waals surface area contributed by atoms with Crippen molar-refractivity contribution in [2.75, 3.05) is 81.9 Å². The third-order valence-electron chi connectivity index (χ3n) is 9.52. The van der Waals surface area contributed by atoms with Crippen LogP contribution in [0.1, 0.15) is 19.3 Å². The lowest BCUT2D eigenvalue weighted by Crippen LogP contribution is -2.39. The van der Waals surface area contributed by atoms with Crippen LogP contribution in [-0.2, 0) is 16.3 Å². The van der Waals surface area contributed by atoms with E-state index in [1.54, 1.807) is 39.0 Å². The van der Waals surface area contributed by atoms with Gasteiger partial charge in [-0.3, -0.25) is 14.6 Å². The van der Waals surface area contributed by atoms with Crippen LogP contribution in [0.2, 0.25) is 0 Å². The van der Waals surface area contributed by atoms with Crippen LogP contribution < -0.4 is 25.6 Å². The average molecular weight is 776 g/mol. The monoisotopic (exact) mass is 774 g/mol. The normalized spacial score (nSPS) is 16.3. The van der Waals surface area contributed by atoms with Crippen molar-refractivity contribution in [3.63, 3.8) is 0 Å². The predicted molar refractivity (Wildman–Crippen MR) is 207 cm³/mol. The van der Waals surface area contributed by atoms with Gasteiger partial charge in [0.25, 0.3) is 0 Å². The van der Waals surface area contributed by atoms with E-state index in [1.165, 1.54) is 0 Å². The number of benzene rings is 2. The molecule has 7 rings (SSSR count). The summed E-state index contributed by atoms with van der Waals surface area (Å²) in [7, 11) is 0.841. The Hall–Kier alpha value is -4.10. The summed E-state index contributed by atoms with van der Waals surface area (Å²) in [5.41, 5.74) is 5.82. The summed E-state index contributed by atoms with van der Waals surface area (Å²) in [6, 6.07) is 7.93. The summed E-state index contributed by atoms with van der Waals surface area (Å²) in [6.07, 6.45) is 12.2. The summed E-state index contributed by atoms with van der Waals surface area (Å²) in [5.74, 6) is 2.21. The van der Waals surface area contributed by atoms with E-state index < -0.39 is 7.14 Å². The van der Waals surface area contributed by atoms with Crippen molar-refractivity contribution < 1.29 is 14.0 Å². The molecule has 2 fully saturated rings. The quantitative estimate of drug-likeness (QED) is 0.155. The molecule has 0 aliphatic carbocycles. The highest BCUT2D eigenvalue weighted by atomic mass is 79.9. The summed E-state index contributed by atoms with van der Waals surface area (Å²) < 4.78 is 27.6. The number of piperidine rings is 1. The lowest BCUT2D eigenvalue weighted by molar-refractivity contribution is 0.136. The maximum atomic E-state index is 13.5. The van der Waals surface area contributed by atoms with Crippen LogP contribution in [0.15, 0.2) is 59.7 Å². The van der Waals surface area contributed by atoms with Gasteiger partial charge < -0.3 is 34.5 Å². The van der Waals surface area contributed by atoms with Crippen molar-refractivity contribution in [1.29, 1.82) is 0 Å². The van der Waals surface area contributed by atoms with E-state index in [0.717, 1.165) is 87.7 Å². The molecule has 0 spiro atoms. The Labute approximate surface area is 306 Å². The molecule has 268 valence electrons. The highest BCUT2D eigenvalue weighted by Crippen LogP contribution is 2.43. The second kappa shape index (κ2) is 15.2. The number of aromatic nitrogens is 6. The topological polar surface area (TPSA) is 135 Å². The van der Waals surface area contributed by atoms with Crippen LogP contribution in [0.5, 0.6) is 5.75 Å². The first-order valence-corrected chi connectivity index (χ1v) is 20.7. The number of anilines is 5. The maximum Gasteiger partial charge on any atom is 0.229 e. The highest BCUT2D eigenvalue weighted by Gasteiger charge is 2.26. The zero-order valence-electron chi connectivity index (χ0n) is 29.5. The third-order valence-corrected chi connectivity index (χ3v) is 11.6. The van der Waals surface area contributed by atoms with Crippen molar-refractivity contribution in [2.45, 2.75) is 19.3 Å². The van der Waals surface area contributed by atoms with E-state index in [9.17, 15) is 4.57 Å². The summed E-state index contributed by atoms with van der Waals surface area (Å²) in [5, 5.41) is 11.9. The third kappa shape index (κ3) is 8.04. The van der Waals surface area contributed by atoms with Crippen molar-refractivity contribution in [3.05, 3.63) is 59.7 Å². The van der Waals surface area contributed by atoms with Crippen LogP contribution >= 0.6 is 23.1 Å². The Morgan fingerprint density at radius 1 is 1.00 bits per heavy atom. The first-order valence-electron chi connectivity index (χ1n) is 17.3. The number of hydrogen-bond donors (Lipinski definition) is 2. The van der Waals surface area contributed by atoms with E-state index >= 15 is 0 Å². The van der Waals surface area contributed by atoms with E-state index in [-0.39, 0.29) is 0 Å². The molecule has 2 N–H and O–H groups in total. The largest absolute Gasteiger partial charge is 0.494 e. The minimum Gasteiger partial charge on any atom is -0.494 e. The van der Waals surface area contributed by atoms with E-state index in [4.69, 9.17) is 14.5 Å². The van der Waals surface area contributed by atoms with E-state index in [1.807, 2.05) is 36.3 Å². The summed E-state index contributed by atoms with van der Waals surface area (Å²) in [4.78, 5) is 23.4. The number of halogens is 1. The van der Waals surface area contributed by atoms with Gasteiger partial charge in [-0.2, -0.15) is 10.1 Å². The number of nitrogens with one attached hydrogen (secondary N) is 2. The molecule has 15 heteroatoms. The molecule has 5 aromatic rings. The molecule has 0 radical (unpaired) electrons. The lowest BCUT2D eigenvalue weighted by atomic mass is 9.94. The molecule has 13 nitrogen and oxygen atoms in total. The molecule has 2 aromatic carbocycles. The minimum absolute atomic E-state index is 0.363. The summed E-state index contributed by atoms with van der Waals surface area (Å²) >= 11 is 3.60. The molecule has 5 heterocycles. The standard InChI is InChI=1S/C36H44BrN10O3P/c1-45-23-25(20-41-45)26-18-30(32(49-2)19-31(26)47-13-8-24(9-14-47)22-46-12-5-16-50-17-15-46)43-36-40-21-27(37)35(44-36)42-29-7-6-28-33(39-11-10-38-28)34(29)51(3,4)48/h6-7,10-11,18-21,23-24H,5,8-9,12-17,22H2,1-4H3,(H2,40,42,43,44). The molecular formula is C36H44BrN10O3P. The van der Waals surface area contributed by atoms with Gasteiger partial charge in [0.05, 0.1) is 46.6 Å². The number of ether oxygens (including phenoxy) is 2. The predicted octanol–water partition coefficient (Wildman–Crippen LogP) is 6.27. The van der Waals surface area contributed by atoms with Gasteiger partial charge in [0.15, 0.2) is 0 Å². The molecule has 51 heavy (non-hydrogen) atoms. The van der Waals surface area contributed by atoms with Crippen LogP contribution in [-0.4, -0.2) is 101 Å². The van der Waals surface area contributed by atoms with E-state index in [0.29, 0.717) is 49.9 Å². The molecule has 2 aliphatic rings. The molecule has 2 aliphatic heterocycles. The van der Waals surface area contributed by atoms with Gasteiger partial charge in [-0.15, -0.1) is 0 Å². The Morgan fingerprint density at radius 2 is 1.82 bits per heavy atom. The fourth-order valence-electron chi connectivity index (χ4n) is 7.02. The van der Waals surface area contributed by atoms with Gasteiger partial charge in [0, 0.05) is 94.0 Å². The van der Waals surface area contributed by atoms with Crippen LogP contribution in [0.3, 0.4) is 0 Å². The van der Waals surface area contributed by atoms with Gasteiger partial charge >= 0.3 is 0 Å². The number of nitrogens with zero attached hydrogens (tertiary/aromatic N) is 8. The second-order valence-electron chi connectivity index (χ2n) is 13.5.